The van der Waals surface area contributed by atoms with E-state index in [9.17, 15) is 0 Å². The predicted molar refractivity (Wildman–Crippen MR) is 133 cm³/mol. The maximum Gasteiger partial charge on any atom is 0.0970 e. The summed E-state index contributed by atoms with van der Waals surface area (Å²) in [5.41, 5.74) is 6.72. The molecule has 0 atom stereocenters. The molecule has 0 saturated heterocycles. The molecule has 0 unspecified atom stereocenters. The zero-order valence-electron chi connectivity index (χ0n) is 16.6. The van der Waals surface area contributed by atoms with E-state index in [2.05, 4.69) is 105 Å². The van der Waals surface area contributed by atoms with Gasteiger partial charge in [-0.2, -0.15) is 0 Å². The van der Waals surface area contributed by atoms with Crippen molar-refractivity contribution in [2.45, 2.75) is 0 Å². The Morgan fingerprint density at radius 2 is 1.16 bits per heavy atom. The van der Waals surface area contributed by atoms with E-state index >= 15 is 0 Å². The van der Waals surface area contributed by atoms with Gasteiger partial charge in [-0.3, -0.25) is 9.97 Å². The van der Waals surface area contributed by atoms with Gasteiger partial charge in [0.25, 0.3) is 0 Å². The maximum atomic E-state index is 4.68. The molecule has 2 aromatic heterocycles. The molecule has 0 aliphatic rings. The van der Waals surface area contributed by atoms with Crippen molar-refractivity contribution in [3.63, 3.8) is 0 Å². The van der Waals surface area contributed by atoms with Crippen LogP contribution in [0.4, 0.5) is 0 Å². The van der Waals surface area contributed by atoms with Gasteiger partial charge in [-0.05, 0) is 63.4 Å². The Morgan fingerprint density at radius 3 is 1.97 bits per heavy atom. The second kappa shape index (κ2) is 7.29. The molecule has 0 saturated carbocycles. The van der Waals surface area contributed by atoms with Gasteiger partial charge in [-0.15, -0.1) is 0 Å². The number of nitrogens with zero attached hydrogens (tertiary/aromatic N) is 2. The predicted octanol–water partition coefficient (Wildman–Crippen LogP) is 8.03. The van der Waals surface area contributed by atoms with Crippen LogP contribution in [-0.4, -0.2) is 9.97 Å². The summed E-state index contributed by atoms with van der Waals surface area (Å²) in [4.78, 5) is 9.28. The van der Waals surface area contributed by atoms with Gasteiger partial charge in [0, 0.05) is 27.6 Å². The van der Waals surface area contributed by atoms with E-state index in [1.165, 1.54) is 33.0 Å². The Bertz CT molecular complexity index is 1590. The second-order valence-corrected chi connectivity index (χ2v) is 8.53. The molecule has 0 fully saturated rings. The first-order valence-electron chi connectivity index (χ1n) is 10.2. The van der Waals surface area contributed by atoms with Gasteiger partial charge >= 0.3 is 0 Å². The van der Waals surface area contributed by atoms with E-state index in [1.807, 2.05) is 24.5 Å². The molecule has 0 radical (unpaired) electrons. The van der Waals surface area contributed by atoms with Gasteiger partial charge in [-0.25, -0.2) is 0 Å². The lowest BCUT2D eigenvalue weighted by molar-refractivity contribution is 1.37. The fourth-order valence-corrected chi connectivity index (χ4v) is 4.68. The quantitative estimate of drug-likeness (QED) is 0.244. The highest BCUT2D eigenvalue weighted by Crippen LogP contribution is 2.39. The van der Waals surface area contributed by atoms with Crippen LogP contribution in [0.15, 0.2) is 108 Å². The molecular weight excluding hydrogens is 444 g/mol. The molecule has 0 aliphatic heterocycles. The third-order valence-corrected chi connectivity index (χ3v) is 6.36. The van der Waals surface area contributed by atoms with Gasteiger partial charge in [-0.1, -0.05) is 76.6 Å². The lowest BCUT2D eigenvalue weighted by Crippen LogP contribution is -1.90. The molecule has 0 aliphatic carbocycles. The van der Waals surface area contributed by atoms with Crippen LogP contribution in [-0.2, 0) is 0 Å². The first-order valence-corrected chi connectivity index (χ1v) is 11.0. The molecular formula is C28H17BrN2. The standard InChI is InChI=1S/C28H17BrN2/c29-20-11-9-18(10-12-20)21-13-14-24(23-7-2-1-6-22(21)23)26-17-19-5-3-15-30-27(19)28-25(26)8-4-16-31-28/h1-17H. The molecule has 0 bridgehead atoms. The SMILES string of the molecule is Brc1ccc(-c2ccc(-c3cc4cccnc4c4ncccc34)c3ccccc23)cc1. The van der Waals surface area contributed by atoms with Crippen LogP contribution in [0.1, 0.15) is 0 Å². The molecule has 146 valence electrons. The van der Waals surface area contributed by atoms with Crippen LogP contribution >= 0.6 is 15.9 Å². The van der Waals surface area contributed by atoms with Gasteiger partial charge in [0.15, 0.2) is 0 Å². The topological polar surface area (TPSA) is 25.8 Å². The van der Waals surface area contributed by atoms with Crippen LogP contribution in [0, 0.1) is 0 Å². The Balaban J connectivity index is 1.69. The van der Waals surface area contributed by atoms with Crippen molar-refractivity contribution in [3.8, 4) is 22.3 Å². The maximum absolute atomic E-state index is 4.68. The highest BCUT2D eigenvalue weighted by atomic mass is 79.9. The van der Waals surface area contributed by atoms with Crippen molar-refractivity contribution >= 4 is 48.5 Å². The summed E-state index contributed by atoms with van der Waals surface area (Å²) in [6, 6.07) is 32.1. The van der Waals surface area contributed by atoms with Gasteiger partial charge in [0.05, 0.1) is 11.0 Å². The number of fused-ring (bicyclic) bond motifs is 4. The van der Waals surface area contributed by atoms with E-state index in [4.69, 9.17) is 0 Å². The van der Waals surface area contributed by atoms with E-state index in [-0.39, 0.29) is 0 Å². The highest BCUT2D eigenvalue weighted by Gasteiger charge is 2.14. The molecule has 2 nitrogen and oxygen atoms in total. The molecule has 0 spiro atoms. The first kappa shape index (κ1) is 18.2. The monoisotopic (exact) mass is 460 g/mol. The average molecular weight is 461 g/mol. The van der Waals surface area contributed by atoms with Crippen molar-refractivity contribution in [1.82, 2.24) is 9.97 Å². The average Bonchev–Trinajstić information content (AvgIpc) is 2.83. The number of rotatable bonds is 2. The summed E-state index contributed by atoms with van der Waals surface area (Å²) in [5, 5.41) is 4.70. The summed E-state index contributed by atoms with van der Waals surface area (Å²) in [7, 11) is 0. The molecule has 4 aromatic carbocycles. The number of aromatic nitrogens is 2. The second-order valence-electron chi connectivity index (χ2n) is 7.61. The highest BCUT2D eigenvalue weighted by molar-refractivity contribution is 9.10. The van der Waals surface area contributed by atoms with E-state index < -0.39 is 0 Å². The number of hydrogen-bond acceptors (Lipinski definition) is 2. The molecule has 0 amide bonds. The van der Waals surface area contributed by atoms with E-state index in [0.717, 1.165) is 26.3 Å². The number of pyridine rings is 2. The minimum atomic E-state index is 0.941. The van der Waals surface area contributed by atoms with Crippen LogP contribution in [0.3, 0.4) is 0 Å². The van der Waals surface area contributed by atoms with Gasteiger partial charge < -0.3 is 0 Å². The van der Waals surface area contributed by atoms with Gasteiger partial charge in [0.2, 0.25) is 0 Å². The molecule has 0 N–H and O–H groups in total. The lowest BCUT2D eigenvalue weighted by Gasteiger charge is -2.15. The van der Waals surface area contributed by atoms with Crippen molar-refractivity contribution in [1.29, 1.82) is 0 Å². The van der Waals surface area contributed by atoms with Crippen molar-refractivity contribution in [2.24, 2.45) is 0 Å². The largest absolute Gasteiger partial charge is 0.254 e. The zero-order chi connectivity index (χ0) is 20.8. The molecule has 31 heavy (non-hydrogen) atoms. The van der Waals surface area contributed by atoms with Crippen LogP contribution in [0.25, 0.3) is 54.8 Å². The molecule has 2 heterocycles. The molecule has 6 aromatic rings. The molecule has 6 rings (SSSR count). The minimum absolute atomic E-state index is 0.941. The Labute approximate surface area is 188 Å². The van der Waals surface area contributed by atoms with Crippen LogP contribution < -0.4 is 0 Å². The summed E-state index contributed by atoms with van der Waals surface area (Å²) >= 11 is 3.54. The Kier molecular flexibility index (Phi) is 4.29. The van der Waals surface area contributed by atoms with Crippen molar-refractivity contribution in [2.75, 3.05) is 0 Å². The fourth-order valence-electron chi connectivity index (χ4n) is 4.41. The Hall–Kier alpha value is -3.56. The minimum Gasteiger partial charge on any atom is -0.254 e. The summed E-state index contributed by atoms with van der Waals surface area (Å²) < 4.78 is 1.08. The zero-order valence-corrected chi connectivity index (χ0v) is 18.2. The Morgan fingerprint density at radius 1 is 0.516 bits per heavy atom. The van der Waals surface area contributed by atoms with Crippen LogP contribution in [0.5, 0.6) is 0 Å². The number of benzene rings is 4. The van der Waals surface area contributed by atoms with Crippen molar-refractivity contribution < 1.29 is 0 Å². The lowest BCUT2D eigenvalue weighted by atomic mass is 9.90. The van der Waals surface area contributed by atoms with E-state index in [0.29, 0.717) is 0 Å². The first-order chi connectivity index (χ1) is 15.3. The third-order valence-electron chi connectivity index (χ3n) is 5.83. The van der Waals surface area contributed by atoms with Gasteiger partial charge in [0.1, 0.15) is 0 Å². The summed E-state index contributed by atoms with van der Waals surface area (Å²) in [6.07, 6.45) is 3.67. The number of halogens is 1. The fraction of sp³-hybridized carbons (Fsp3) is 0. The van der Waals surface area contributed by atoms with Crippen molar-refractivity contribution in [3.05, 3.63) is 108 Å². The van der Waals surface area contributed by atoms with E-state index in [1.54, 1.807) is 0 Å². The summed E-state index contributed by atoms with van der Waals surface area (Å²) in [6.45, 7) is 0. The normalized spacial score (nSPS) is 11.4. The third kappa shape index (κ3) is 3.01. The number of hydrogen-bond donors (Lipinski definition) is 0. The molecule has 3 heteroatoms. The summed E-state index contributed by atoms with van der Waals surface area (Å²) in [5.74, 6) is 0. The smallest absolute Gasteiger partial charge is 0.0970 e. The van der Waals surface area contributed by atoms with Crippen LogP contribution in [0.2, 0.25) is 0 Å².